The number of anilines is 1. The number of rotatable bonds is 40. The summed E-state index contributed by atoms with van der Waals surface area (Å²) >= 11 is 0. The van der Waals surface area contributed by atoms with E-state index in [9.17, 15) is 48.6 Å². The van der Waals surface area contributed by atoms with E-state index in [2.05, 4.69) is 77.0 Å². The molecule has 1 fully saturated rings. The maximum absolute atomic E-state index is 12.9. The highest BCUT2D eigenvalue weighted by molar-refractivity contribution is 7.61. The fourth-order valence-corrected chi connectivity index (χ4v) is 8.81. The minimum atomic E-state index is -5.47. The van der Waals surface area contributed by atoms with Crippen molar-refractivity contribution in [2.45, 2.75) is 160 Å². The Bertz CT molecular complexity index is 2250. The van der Waals surface area contributed by atoms with Gasteiger partial charge in [-0.1, -0.05) is 142 Å². The van der Waals surface area contributed by atoms with Crippen molar-refractivity contribution in [3.63, 3.8) is 0 Å². The molecule has 0 aromatic carbocycles. The Morgan fingerprint density at radius 3 is 1.75 bits per heavy atom. The van der Waals surface area contributed by atoms with Gasteiger partial charge in [0.25, 0.3) is 0 Å². The standard InChI is InChI=1S/C54H81N3O16P2/c1-3-5-6-7-8-9-10-11-12-13-14-15-16-19-22-25-28-31-34-38-49(59)68-42-46(71-50(60)39-35-32-29-26-23-20-17-18-21-24-27-30-33-37-45(58)36-4-2)43-69-74(64,65)73-75(66,67)70-44-47-51(61)52(62)53(72-47)57-41-40-48(55)56-54(57)63/h5-6,8-9,11-12,14-15,17,19-22,24,26,28-31,33,40-41,45-47,51-53,58,61-62H,3-4,7,10,13,16,18,23,25,27,32,34-39,42-44H2,1-2H3,(H,64,65)(H,66,67)(H2,55,56,63)/b6-5-,9-8-,12-11-,15-14-,20-17-,22-19-,24-21-,29-26-,31-28-,33-30-/t45?,46-,47-,51-,52-,53-/m1/s1. The topological polar surface area (TPSA) is 286 Å². The first kappa shape index (κ1) is 66.2. The highest BCUT2D eigenvalue weighted by Crippen LogP contribution is 2.60. The normalized spacial score (nSPS) is 20.2. The fraction of sp³-hybridized carbons (Fsp3) is 0.519. The lowest BCUT2D eigenvalue weighted by Crippen LogP contribution is -2.36. The van der Waals surface area contributed by atoms with Crippen LogP contribution in [0.1, 0.15) is 129 Å². The lowest BCUT2D eigenvalue weighted by molar-refractivity contribution is -0.161. The summed E-state index contributed by atoms with van der Waals surface area (Å²) < 4.78 is 56.6. The van der Waals surface area contributed by atoms with Crippen LogP contribution in [0.3, 0.4) is 0 Å². The average Bonchev–Trinajstić information content (AvgIpc) is 3.64. The molecule has 418 valence electrons. The van der Waals surface area contributed by atoms with Crippen LogP contribution in [0.2, 0.25) is 0 Å². The monoisotopic (exact) mass is 1090 g/mol. The minimum Gasteiger partial charge on any atom is -0.462 e. The van der Waals surface area contributed by atoms with Gasteiger partial charge >= 0.3 is 33.3 Å². The SMILES string of the molecule is CC/C=C\C/C=C\C/C=C\C/C=C\C/C=C\C/C=C\CCC(=O)OC[C@H](COP(=O)(O)OP(=O)(O)OC[C@H]1O[C@@H](n2ccc(N)nc2=O)[C@H](O)[C@@H]1O)OC(=O)CCC/C=C\C/C=C\C/C=C\C/C=C\CC(O)CCC. The van der Waals surface area contributed by atoms with Gasteiger partial charge in [0.15, 0.2) is 12.3 Å². The summed E-state index contributed by atoms with van der Waals surface area (Å²) in [5.41, 5.74) is 4.57. The molecule has 2 rings (SSSR count). The number of unbranched alkanes of at least 4 members (excludes halogenated alkanes) is 1. The Morgan fingerprint density at radius 2 is 1.21 bits per heavy atom. The summed E-state index contributed by atoms with van der Waals surface area (Å²) in [5, 5.41) is 30.7. The van der Waals surface area contributed by atoms with Crippen molar-refractivity contribution < 1.29 is 71.4 Å². The van der Waals surface area contributed by atoms with Crippen LogP contribution in [0.5, 0.6) is 0 Å². The Hall–Kier alpha value is -4.88. The summed E-state index contributed by atoms with van der Waals surface area (Å²) in [7, 11) is -10.9. The predicted octanol–water partition coefficient (Wildman–Crippen LogP) is 9.74. The van der Waals surface area contributed by atoms with Crippen LogP contribution in [0.25, 0.3) is 0 Å². The lowest BCUT2D eigenvalue weighted by atomic mass is 10.1. The number of esters is 2. The van der Waals surface area contributed by atoms with Crippen molar-refractivity contribution in [3.8, 4) is 0 Å². The zero-order chi connectivity index (χ0) is 55.0. The zero-order valence-electron chi connectivity index (χ0n) is 43.4. The number of phosphoric ester groups is 2. The molecule has 1 aliphatic rings. The van der Waals surface area contributed by atoms with Crippen LogP contribution in [0.4, 0.5) is 5.82 Å². The van der Waals surface area contributed by atoms with E-state index in [1.165, 1.54) is 6.07 Å². The summed E-state index contributed by atoms with van der Waals surface area (Å²) in [4.78, 5) is 61.9. The molecule has 0 aliphatic carbocycles. The molecule has 0 spiro atoms. The maximum atomic E-state index is 12.9. The molecule has 0 bridgehead atoms. The van der Waals surface area contributed by atoms with Gasteiger partial charge in [0.05, 0.1) is 19.3 Å². The van der Waals surface area contributed by atoms with Crippen LogP contribution < -0.4 is 11.4 Å². The molecule has 0 amide bonds. The number of aromatic nitrogens is 2. The van der Waals surface area contributed by atoms with E-state index in [-0.39, 0.29) is 24.8 Å². The molecular formula is C54H81N3O16P2. The molecule has 1 aromatic rings. The third-order valence-electron chi connectivity index (χ3n) is 10.6. The smallest absolute Gasteiger partial charge is 0.462 e. The number of nitrogens with zero attached hydrogens (tertiary/aromatic N) is 2. The summed E-state index contributed by atoms with van der Waals surface area (Å²) in [6.45, 7) is 1.69. The van der Waals surface area contributed by atoms with Crippen molar-refractivity contribution in [1.29, 1.82) is 0 Å². The van der Waals surface area contributed by atoms with E-state index >= 15 is 0 Å². The Morgan fingerprint density at radius 1 is 0.707 bits per heavy atom. The van der Waals surface area contributed by atoms with E-state index < -0.39 is 83.7 Å². The van der Waals surface area contributed by atoms with E-state index in [1.54, 1.807) is 0 Å². The van der Waals surface area contributed by atoms with Crippen molar-refractivity contribution in [1.82, 2.24) is 9.55 Å². The third kappa shape index (κ3) is 33.0. The second kappa shape index (κ2) is 40.4. The zero-order valence-corrected chi connectivity index (χ0v) is 45.2. The number of nitrogens with two attached hydrogens (primary N) is 1. The number of phosphoric acid groups is 2. The summed E-state index contributed by atoms with van der Waals surface area (Å²) in [5.74, 6) is -1.51. The predicted molar refractivity (Wildman–Crippen MR) is 290 cm³/mol. The van der Waals surface area contributed by atoms with Crippen LogP contribution in [-0.4, -0.2) is 96.9 Å². The number of nitrogen functional groups attached to an aromatic ring is 1. The van der Waals surface area contributed by atoms with Crippen LogP contribution in [0.15, 0.2) is 139 Å². The molecule has 3 unspecified atom stereocenters. The largest absolute Gasteiger partial charge is 0.481 e. The first-order valence-electron chi connectivity index (χ1n) is 25.6. The number of carbonyl (C=O) groups excluding carboxylic acids is 2. The number of hydrogen-bond acceptors (Lipinski definition) is 16. The number of carbonyl (C=O) groups is 2. The van der Waals surface area contributed by atoms with E-state index in [1.807, 2.05) is 67.7 Å². The van der Waals surface area contributed by atoms with Crippen molar-refractivity contribution in [2.75, 3.05) is 25.6 Å². The number of ether oxygens (including phenoxy) is 3. The van der Waals surface area contributed by atoms with Gasteiger partial charge in [0.1, 0.15) is 30.7 Å². The highest BCUT2D eigenvalue weighted by atomic mass is 31.3. The Balaban J connectivity index is 1.87. The molecule has 1 aliphatic heterocycles. The first-order valence-corrected chi connectivity index (χ1v) is 28.6. The van der Waals surface area contributed by atoms with E-state index in [4.69, 9.17) is 29.0 Å². The van der Waals surface area contributed by atoms with Gasteiger partial charge in [0, 0.05) is 19.0 Å². The van der Waals surface area contributed by atoms with Crippen molar-refractivity contribution in [3.05, 3.63) is 144 Å². The summed E-state index contributed by atoms with van der Waals surface area (Å²) in [6.07, 6.45) is 45.0. The molecule has 75 heavy (non-hydrogen) atoms. The third-order valence-corrected chi connectivity index (χ3v) is 13.2. The average molecular weight is 1090 g/mol. The maximum Gasteiger partial charge on any atom is 0.481 e. The first-order chi connectivity index (χ1) is 36.1. The van der Waals surface area contributed by atoms with Gasteiger partial charge in [-0.3, -0.25) is 23.2 Å². The van der Waals surface area contributed by atoms with Gasteiger partial charge < -0.3 is 45.1 Å². The van der Waals surface area contributed by atoms with Crippen LogP contribution in [0, 0.1) is 0 Å². The lowest BCUT2D eigenvalue weighted by Gasteiger charge is -2.21. The van der Waals surface area contributed by atoms with Crippen molar-refractivity contribution >= 4 is 33.4 Å². The molecule has 0 saturated carbocycles. The van der Waals surface area contributed by atoms with Crippen LogP contribution in [-0.2, 0) is 46.3 Å². The molecule has 21 heteroatoms. The second-order valence-corrected chi connectivity index (χ2v) is 20.2. The van der Waals surface area contributed by atoms with E-state index in [0.717, 1.165) is 68.6 Å². The molecule has 7 N–H and O–H groups in total. The van der Waals surface area contributed by atoms with Crippen LogP contribution >= 0.6 is 15.6 Å². The molecule has 19 nitrogen and oxygen atoms in total. The number of aliphatic hydroxyl groups is 3. The Kier molecular flexibility index (Phi) is 35.7. The quantitative estimate of drug-likeness (QED) is 0.0154. The van der Waals surface area contributed by atoms with Gasteiger partial charge in [-0.2, -0.15) is 9.29 Å². The summed E-state index contributed by atoms with van der Waals surface area (Å²) in [6, 6.07) is 1.23. The number of aliphatic hydroxyl groups excluding tert-OH is 3. The highest BCUT2D eigenvalue weighted by Gasteiger charge is 2.46. The van der Waals surface area contributed by atoms with Gasteiger partial charge in [-0.05, 0) is 96.0 Å². The van der Waals surface area contributed by atoms with Crippen molar-refractivity contribution in [2.24, 2.45) is 0 Å². The molecule has 1 aromatic heterocycles. The second-order valence-electron chi connectivity index (χ2n) is 17.1. The van der Waals surface area contributed by atoms with Gasteiger partial charge in [-0.15, -0.1) is 0 Å². The molecule has 1 saturated heterocycles. The molecule has 8 atom stereocenters. The number of hydrogen-bond donors (Lipinski definition) is 6. The fourth-order valence-electron chi connectivity index (χ4n) is 6.70. The van der Waals surface area contributed by atoms with Gasteiger partial charge in [-0.25, -0.2) is 13.9 Å². The van der Waals surface area contributed by atoms with E-state index in [0.29, 0.717) is 38.5 Å². The minimum absolute atomic E-state index is 0.0252. The molecule has 2 heterocycles. The number of allylic oxidation sites excluding steroid dienone is 19. The Labute approximate surface area is 442 Å². The molecule has 0 radical (unpaired) electrons. The van der Waals surface area contributed by atoms with Gasteiger partial charge in [0.2, 0.25) is 0 Å². The molecular weight excluding hydrogens is 1010 g/mol.